The summed E-state index contributed by atoms with van der Waals surface area (Å²) >= 11 is 7.39. The molecule has 0 atom stereocenters. The summed E-state index contributed by atoms with van der Waals surface area (Å²) in [7, 11) is 0. The highest BCUT2D eigenvalue weighted by molar-refractivity contribution is 7.17. The van der Waals surface area contributed by atoms with Crippen LogP contribution in [0.4, 0.5) is 0 Å². The predicted molar refractivity (Wildman–Crippen MR) is 90.4 cm³/mol. The molecule has 1 aromatic carbocycles. The molecule has 5 nitrogen and oxygen atoms in total. The van der Waals surface area contributed by atoms with Crippen LogP contribution in [0.15, 0.2) is 40.8 Å². The number of benzene rings is 1. The maximum absolute atomic E-state index is 12.7. The summed E-state index contributed by atoms with van der Waals surface area (Å²) < 4.78 is 6.44. The summed E-state index contributed by atoms with van der Waals surface area (Å²) in [5.74, 6) is -0.506. The number of hydrogen-bond acceptors (Lipinski definition) is 5. The quantitative estimate of drug-likeness (QED) is 0.678. The predicted octanol–water partition coefficient (Wildman–Crippen LogP) is 3.34. The lowest BCUT2D eigenvalue weighted by molar-refractivity contribution is 0.0529. The molecule has 0 saturated heterocycles. The Balaban J connectivity index is 2.08. The number of hydrogen-bond donors (Lipinski definition) is 0. The molecule has 0 spiro atoms. The Labute approximate surface area is 141 Å². The van der Waals surface area contributed by atoms with Gasteiger partial charge in [0.2, 0.25) is 0 Å². The van der Waals surface area contributed by atoms with Crippen molar-refractivity contribution >= 4 is 39.1 Å². The van der Waals surface area contributed by atoms with Gasteiger partial charge in [0.15, 0.2) is 0 Å². The van der Waals surface area contributed by atoms with Crippen molar-refractivity contribution in [1.29, 1.82) is 0 Å². The van der Waals surface area contributed by atoms with E-state index in [0.29, 0.717) is 21.8 Å². The SMILES string of the molecule is CCOC(=O)c1csc2ncn(Cc3ccccc3Cl)c(=O)c12. The summed E-state index contributed by atoms with van der Waals surface area (Å²) in [6.07, 6.45) is 1.47. The lowest BCUT2D eigenvalue weighted by Gasteiger charge is -2.07. The molecule has 0 bridgehead atoms. The average molecular weight is 349 g/mol. The smallest absolute Gasteiger partial charge is 0.339 e. The Morgan fingerprint density at radius 2 is 2.17 bits per heavy atom. The Bertz CT molecular complexity index is 932. The second kappa shape index (κ2) is 6.52. The zero-order chi connectivity index (χ0) is 16.4. The first-order chi connectivity index (χ1) is 11.1. The number of ether oxygens (including phenoxy) is 1. The van der Waals surface area contributed by atoms with Gasteiger partial charge in [-0.25, -0.2) is 9.78 Å². The molecule has 2 heterocycles. The number of esters is 1. The number of nitrogens with zero attached hydrogens (tertiary/aromatic N) is 2. The number of rotatable bonds is 4. The van der Waals surface area contributed by atoms with E-state index in [9.17, 15) is 9.59 Å². The van der Waals surface area contributed by atoms with E-state index >= 15 is 0 Å². The first-order valence-corrected chi connectivity index (χ1v) is 8.24. The van der Waals surface area contributed by atoms with Gasteiger partial charge in [-0.2, -0.15) is 0 Å². The molecule has 0 radical (unpaired) electrons. The molecule has 0 aliphatic carbocycles. The van der Waals surface area contributed by atoms with Crippen LogP contribution >= 0.6 is 22.9 Å². The van der Waals surface area contributed by atoms with Crippen molar-refractivity contribution in [3.05, 3.63) is 62.5 Å². The van der Waals surface area contributed by atoms with Crippen LogP contribution < -0.4 is 5.56 Å². The molecule has 2 aromatic heterocycles. The fourth-order valence-corrected chi connectivity index (χ4v) is 3.31. The summed E-state index contributed by atoms with van der Waals surface area (Å²) in [5, 5.41) is 2.48. The molecule has 0 aliphatic heterocycles. The fourth-order valence-electron chi connectivity index (χ4n) is 2.25. The molecule has 3 aromatic rings. The highest BCUT2D eigenvalue weighted by Crippen LogP contribution is 2.22. The molecule has 0 amide bonds. The monoisotopic (exact) mass is 348 g/mol. The van der Waals surface area contributed by atoms with Gasteiger partial charge in [0.1, 0.15) is 4.83 Å². The number of aromatic nitrogens is 2. The van der Waals surface area contributed by atoms with Crippen LogP contribution in [0.3, 0.4) is 0 Å². The molecular formula is C16H13ClN2O3S. The third-order valence-electron chi connectivity index (χ3n) is 3.35. The Morgan fingerprint density at radius 3 is 2.91 bits per heavy atom. The first-order valence-electron chi connectivity index (χ1n) is 6.99. The second-order valence-electron chi connectivity index (χ2n) is 4.82. The average Bonchev–Trinajstić information content (AvgIpc) is 2.97. The number of carbonyl (C=O) groups excluding carboxylic acids is 1. The number of fused-ring (bicyclic) bond motifs is 1. The maximum Gasteiger partial charge on any atom is 0.339 e. The molecule has 3 rings (SSSR count). The van der Waals surface area contributed by atoms with Gasteiger partial charge in [-0.15, -0.1) is 11.3 Å². The van der Waals surface area contributed by atoms with Crippen molar-refractivity contribution in [2.24, 2.45) is 0 Å². The lowest BCUT2D eigenvalue weighted by Crippen LogP contribution is -2.22. The molecule has 0 saturated carbocycles. The summed E-state index contributed by atoms with van der Waals surface area (Å²) in [5.41, 5.74) is 0.794. The highest BCUT2D eigenvalue weighted by Gasteiger charge is 2.18. The third kappa shape index (κ3) is 3.00. The van der Waals surface area contributed by atoms with Gasteiger partial charge < -0.3 is 4.74 Å². The summed E-state index contributed by atoms with van der Waals surface area (Å²) in [4.78, 5) is 29.5. The van der Waals surface area contributed by atoms with Gasteiger partial charge in [-0.1, -0.05) is 29.8 Å². The Kier molecular flexibility index (Phi) is 4.45. The van der Waals surface area contributed by atoms with E-state index < -0.39 is 5.97 Å². The van der Waals surface area contributed by atoms with Crippen molar-refractivity contribution in [1.82, 2.24) is 9.55 Å². The van der Waals surface area contributed by atoms with Gasteiger partial charge in [-0.3, -0.25) is 9.36 Å². The summed E-state index contributed by atoms with van der Waals surface area (Å²) in [6.45, 7) is 2.27. The zero-order valence-electron chi connectivity index (χ0n) is 12.3. The Morgan fingerprint density at radius 1 is 1.39 bits per heavy atom. The van der Waals surface area contributed by atoms with E-state index in [-0.39, 0.29) is 17.7 Å². The maximum atomic E-state index is 12.7. The minimum absolute atomic E-state index is 0.254. The molecule has 0 N–H and O–H groups in total. The van der Waals surface area contributed by atoms with Crippen LogP contribution in [0, 0.1) is 0 Å². The van der Waals surface area contributed by atoms with Gasteiger partial charge in [0.25, 0.3) is 5.56 Å². The molecule has 118 valence electrons. The Hall–Kier alpha value is -2.18. The van der Waals surface area contributed by atoms with Gasteiger partial charge in [-0.05, 0) is 18.6 Å². The van der Waals surface area contributed by atoms with Crippen molar-refractivity contribution < 1.29 is 9.53 Å². The minimum atomic E-state index is -0.506. The van der Waals surface area contributed by atoms with Crippen LogP contribution in [0.2, 0.25) is 5.02 Å². The van der Waals surface area contributed by atoms with E-state index in [1.807, 2.05) is 18.2 Å². The fraction of sp³-hybridized carbons (Fsp3) is 0.188. The van der Waals surface area contributed by atoms with Crippen LogP contribution in [0.1, 0.15) is 22.8 Å². The van der Waals surface area contributed by atoms with Crippen molar-refractivity contribution in [3.8, 4) is 0 Å². The van der Waals surface area contributed by atoms with Crippen LogP contribution in [0.25, 0.3) is 10.2 Å². The topological polar surface area (TPSA) is 61.2 Å². The number of carbonyl (C=O) groups is 1. The van der Waals surface area contributed by atoms with E-state index in [2.05, 4.69) is 4.98 Å². The van der Waals surface area contributed by atoms with Gasteiger partial charge >= 0.3 is 5.97 Å². The number of halogens is 1. The highest BCUT2D eigenvalue weighted by atomic mass is 35.5. The largest absolute Gasteiger partial charge is 0.462 e. The third-order valence-corrected chi connectivity index (χ3v) is 4.61. The van der Waals surface area contributed by atoms with Crippen molar-refractivity contribution in [2.45, 2.75) is 13.5 Å². The van der Waals surface area contributed by atoms with Crippen molar-refractivity contribution in [2.75, 3.05) is 6.61 Å². The van der Waals surface area contributed by atoms with Crippen LogP contribution in [0.5, 0.6) is 0 Å². The normalized spacial score (nSPS) is 10.9. The van der Waals surface area contributed by atoms with Crippen molar-refractivity contribution in [3.63, 3.8) is 0 Å². The molecule has 0 fully saturated rings. The molecule has 0 unspecified atom stereocenters. The van der Waals surface area contributed by atoms with E-state index in [1.54, 1.807) is 18.4 Å². The summed E-state index contributed by atoms with van der Waals surface area (Å²) in [6, 6.07) is 7.29. The minimum Gasteiger partial charge on any atom is -0.462 e. The first kappa shape index (κ1) is 15.7. The molecule has 23 heavy (non-hydrogen) atoms. The number of thiophene rings is 1. The zero-order valence-corrected chi connectivity index (χ0v) is 13.9. The van der Waals surface area contributed by atoms with E-state index in [4.69, 9.17) is 16.3 Å². The molecule has 0 aliphatic rings. The van der Waals surface area contributed by atoms with Crippen LogP contribution in [-0.4, -0.2) is 22.1 Å². The standard InChI is InChI=1S/C16H13ClN2O3S/c1-2-22-16(21)11-8-23-14-13(11)15(20)19(9-18-14)7-10-5-3-4-6-12(10)17/h3-6,8-9H,2,7H2,1H3. The lowest BCUT2D eigenvalue weighted by atomic mass is 10.2. The molecule has 7 heteroatoms. The van der Waals surface area contributed by atoms with Gasteiger partial charge in [0.05, 0.1) is 30.4 Å². The van der Waals surface area contributed by atoms with Gasteiger partial charge in [0, 0.05) is 10.4 Å². The van der Waals surface area contributed by atoms with E-state index in [0.717, 1.165) is 5.56 Å². The second-order valence-corrected chi connectivity index (χ2v) is 6.08. The molecular weight excluding hydrogens is 336 g/mol. The van der Waals surface area contributed by atoms with Crippen LogP contribution in [-0.2, 0) is 11.3 Å². The van der Waals surface area contributed by atoms with E-state index in [1.165, 1.54) is 22.2 Å².